The van der Waals surface area contributed by atoms with Gasteiger partial charge in [0.05, 0.1) is 0 Å². The number of carbonyl (C=O) groups excluding carboxylic acids is 3. The summed E-state index contributed by atoms with van der Waals surface area (Å²) in [6, 6.07) is 5.83. The Labute approximate surface area is 182 Å². The monoisotopic (exact) mass is 435 g/mol. The molecule has 0 aromatic heterocycles. The fourth-order valence-electron chi connectivity index (χ4n) is 2.68. The second-order valence-corrected chi connectivity index (χ2v) is 8.69. The summed E-state index contributed by atoms with van der Waals surface area (Å²) in [4.78, 5) is 48.7. The van der Waals surface area contributed by atoms with Crippen molar-refractivity contribution < 1.29 is 29.0 Å². The molecule has 0 saturated carbocycles. The van der Waals surface area contributed by atoms with E-state index in [2.05, 4.69) is 16.0 Å². The second kappa shape index (κ2) is 11.3. The summed E-state index contributed by atoms with van der Waals surface area (Å²) in [6.45, 7) is 10.0. The molecule has 3 amide bonds. The van der Waals surface area contributed by atoms with Gasteiger partial charge in [0, 0.05) is 6.42 Å². The number of hydrogen-bond donors (Lipinski definition) is 4. The van der Waals surface area contributed by atoms with Crippen LogP contribution in [0.5, 0.6) is 0 Å². The number of carbonyl (C=O) groups is 4. The van der Waals surface area contributed by atoms with Crippen LogP contribution < -0.4 is 16.0 Å². The number of rotatable bonds is 9. The highest BCUT2D eigenvalue weighted by atomic mass is 16.6. The third-order valence-electron chi connectivity index (χ3n) is 4.27. The normalized spacial score (nSPS) is 14.2. The molecule has 0 bridgehead atoms. The number of aliphatic carboxylic acids is 1. The van der Waals surface area contributed by atoms with Crippen LogP contribution in [-0.2, 0) is 25.5 Å². The molecule has 0 radical (unpaired) electrons. The summed E-state index contributed by atoms with van der Waals surface area (Å²) >= 11 is 0. The predicted octanol–water partition coefficient (Wildman–Crippen LogP) is 1.85. The first kappa shape index (κ1) is 25.9. The first-order valence-corrected chi connectivity index (χ1v) is 10.2. The maximum Gasteiger partial charge on any atom is 0.408 e. The number of alkyl carbamates (subject to hydrolysis) is 1. The fourth-order valence-corrected chi connectivity index (χ4v) is 2.68. The number of benzene rings is 1. The van der Waals surface area contributed by atoms with E-state index in [1.54, 1.807) is 58.9 Å². The molecule has 9 nitrogen and oxygen atoms in total. The van der Waals surface area contributed by atoms with Gasteiger partial charge >= 0.3 is 12.1 Å². The minimum Gasteiger partial charge on any atom is -0.480 e. The van der Waals surface area contributed by atoms with Crippen molar-refractivity contribution in [2.45, 2.75) is 71.7 Å². The average molecular weight is 436 g/mol. The van der Waals surface area contributed by atoms with Crippen LogP contribution in [0.2, 0.25) is 0 Å². The van der Waals surface area contributed by atoms with Crippen molar-refractivity contribution in [1.29, 1.82) is 0 Å². The topological polar surface area (TPSA) is 134 Å². The number of carboxylic acid groups (broad SMARTS) is 1. The smallest absolute Gasteiger partial charge is 0.408 e. The van der Waals surface area contributed by atoms with Crippen LogP contribution in [0.15, 0.2) is 30.3 Å². The van der Waals surface area contributed by atoms with E-state index in [1.165, 1.54) is 6.92 Å². The maximum atomic E-state index is 12.6. The number of nitrogens with one attached hydrogen (secondary N) is 3. The van der Waals surface area contributed by atoms with Crippen molar-refractivity contribution in [2.24, 2.45) is 5.92 Å². The van der Waals surface area contributed by atoms with Gasteiger partial charge < -0.3 is 25.8 Å². The minimum atomic E-state index is -1.18. The number of ether oxygens (including phenoxy) is 1. The Morgan fingerprint density at radius 1 is 0.935 bits per heavy atom. The Morgan fingerprint density at radius 2 is 1.52 bits per heavy atom. The van der Waals surface area contributed by atoms with Crippen LogP contribution in [-0.4, -0.2) is 52.7 Å². The molecule has 1 aromatic carbocycles. The Kier molecular flexibility index (Phi) is 9.48. The van der Waals surface area contributed by atoms with Gasteiger partial charge in [-0.2, -0.15) is 0 Å². The van der Waals surface area contributed by atoms with Gasteiger partial charge in [0.2, 0.25) is 11.8 Å². The second-order valence-electron chi connectivity index (χ2n) is 8.69. The molecule has 1 rings (SSSR count). The molecule has 172 valence electrons. The van der Waals surface area contributed by atoms with Crippen molar-refractivity contribution in [2.75, 3.05) is 0 Å². The van der Waals surface area contributed by atoms with Crippen LogP contribution in [0, 0.1) is 5.92 Å². The van der Waals surface area contributed by atoms with Gasteiger partial charge in [-0.1, -0.05) is 44.2 Å². The molecule has 0 aliphatic heterocycles. The SMILES string of the molecule is CC(C)[C@@H](NC(=O)OC(C)(C)C)C(=O)N[C@H](C)C(=O)N[C@H](Cc1ccccc1)C(=O)O. The Bertz CT molecular complexity index is 773. The molecular formula is C22H33N3O6. The zero-order chi connectivity index (χ0) is 23.8. The third kappa shape index (κ3) is 9.50. The molecule has 0 fully saturated rings. The summed E-state index contributed by atoms with van der Waals surface area (Å²) in [5.74, 6) is -2.66. The van der Waals surface area contributed by atoms with E-state index in [-0.39, 0.29) is 12.3 Å². The van der Waals surface area contributed by atoms with E-state index in [4.69, 9.17) is 4.74 Å². The molecule has 31 heavy (non-hydrogen) atoms. The van der Waals surface area contributed by atoms with Gasteiger partial charge in [0.15, 0.2) is 0 Å². The van der Waals surface area contributed by atoms with E-state index in [0.29, 0.717) is 0 Å². The summed E-state index contributed by atoms with van der Waals surface area (Å²) in [5.41, 5.74) is 0.0353. The number of amides is 3. The Hall–Kier alpha value is -3.10. The number of hydrogen-bond acceptors (Lipinski definition) is 5. The summed E-state index contributed by atoms with van der Waals surface area (Å²) in [6.07, 6.45) is -0.635. The van der Waals surface area contributed by atoms with E-state index in [0.717, 1.165) is 5.56 Å². The maximum absolute atomic E-state index is 12.6. The quantitative estimate of drug-likeness (QED) is 0.468. The highest BCUT2D eigenvalue weighted by Crippen LogP contribution is 2.09. The van der Waals surface area contributed by atoms with Crippen LogP contribution in [0.3, 0.4) is 0 Å². The van der Waals surface area contributed by atoms with Crippen molar-refractivity contribution in [1.82, 2.24) is 16.0 Å². The minimum absolute atomic E-state index is 0.109. The lowest BCUT2D eigenvalue weighted by Gasteiger charge is -2.26. The molecule has 0 aliphatic rings. The first-order valence-electron chi connectivity index (χ1n) is 10.2. The standard InChI is InChI=1S/C22H33N3O6/c1-13(2)17(25-21(30)31-22(4,5)6)19(27)23-14(3)18(26)24-16(20(28)29)12-15-10-8-7-9-11-15/h7-11,13-14,16-17H,12H2,1-6H3,(H,23,27)(H,24,26)(H,25,30)(H,28,29)/t14-,16-,17-/m1/s1. The van der Waals surface area contributed by atoms with Crippen molar-refractivity contribution in [3.63, 3.8) is 0 Å². The Morgan fingerprint density at radius 3 is 2.00 bits per heavy atom. The van der Waals surface area contributed by atoms with Crippen molar-refractivity contribution in [3.05, 3.63) is 35.9 Å². The lowest BCUT2D eigenvalue weighted by molar-refractivity contribution is -0.142. The molecule has 0 unspecified atom stereocenters. The molecule has 0 spiro atoms. The first-order chi connectivity index (χ1) is 14.3. The van der Waals surface area contributed by atoms with Gasteiger partial charge in [0.25, 0.3) is 0 Å². The highest BCUT2D eigenvalue weighted by molar-refractivity contribution is 5.92. The molecule has 3 atom stereocenters. The summed E-state index contributed by atoms with van der Waals surface area (Å²) < 4.78 is 5.18. The van der Waals surface area contributed by atoms with E-state index in [1.807, 2.05) is 6.07 Å². The zero-order valence-electron chi connectivity index (χ0n) is 18.9. The predicted molar refractivity (Wildman–Crippen MR) is 115 cm³/mol. The molecule has 0 saturated heterocycles. The van der Waals surface area contributed by atoms with E-state index in [9.17, 15) is 24.3 Å². The van der Waals surface area contributed by atoms with Crippen molar-refractivity contribution >= 4 is 23.9 Å². The van der Waals surface area contributed by atoms with Crippen LogP contribution in [0.1, 0.15) is 47.1 Å². The van der Waals surface area contributed by atoms with Gasteiger partial charge in [0.1, 0.15) is 23.7 Å². The lowest BCUT2D eigenvalue weighted by atomic mass is 10.0. The summed E-state index contributed by atoms with van der Waals surface area (Å²) in [7, 11) is 0. The van der Waals surface area contributed by atoms with Gasteiger partial charge in [-0.3, -0.25) is 9.59 Å². The van der Waals surface area contributed by atoms with Crippen LogP contribution >= 0.6 is 0 Å². The zero-order valence-corrected chi connectivity index (χ0v) is 18.9. The van der Waals surface area contributed by atoms with Crippen molar-refractivity contribution in [3.8, 4) is 0 Å². The molecule has 0 aliphatic carbocycles. The Balaban J connectivity index is 2.73. The summed E-state index contributed by atoms with van der Waals surface area (Å²) in [5, 5.41) is 16.9. The van der Waals surface area contributed by atoms with E-state index < -0.39 is 47.6 Å². The molecule has 4 N–H and O–H groups in total. The lowest BCUT2D eigenvalue weighted by Crippen LogP contribution is -2.56. The largest absolute Gasteiger partial charge is 0.480 e. The fraction of sp³-hybridized carbons (Fsp3) is 0.545. The third-order valence-corrected chi connectivity index (χ3v) is 4.27. The van der Waals surface area contributed by atoms with Gasteiger partial charge in [-0.15, -0.1) is 0 Å². The molecule has 1 aromatic rings. The van der Waals surface area contributed by atoms with Crippen LogP contribution in [0.4, 0.5) is 4.79 Å². The average Bonchev–Trinajstić information content (AvgIpc) is 2.64. The number of carboxylic acids is 1. The highest BCUT2D eigenvalue weighted by Gasteiger charge is 2.30. The van der Waals surface area contributed by atoms with E-state index >= 15 is 0 Å². The van der Waals surface area contributed by atoms with Crippen LogP contribution in [0.25, 0.3) is 0 Å². The molecule has 9 heteroatoms. The molecule has 0 heterocycles. The van der Waals surface area contributed by atoms with Gasteiger partial charge in [-0.05, 0) is 39.2 Å². The molecular weight excluding hydrogens is 402 g/mol. The van der Waals surface area contributed by atoms with Gasteiger partial charge in [-0.25, -0.2) is 9.59 Å².